The van der Waals surface area contributed by atoms with Gasteiger partial charge in [-0.25, -0.2) is 0 Å². The average molecular weight is 409 g/mol. The van der Waals surface area contributed by atoms with Crippen molar-refractivity contribution in [1.82, 2.24) is 10.2 Å². The molecule has 0 saturated carbocycles. The summed E-state index contributed by atoms with van der Waals surface area (Å²) < 4.78 is 0. The first-order valence-corrected chi connectivity index (χ1v) is 8.78. The van der Waals surface area contributed by atoms with Crippen LogP contribution >= 0.6 is 35.6 Å². The molecular formula is C17H24Cl3N3O2. The van der Waals surface area contributed by atoms with Gasteiger partial charge in [0, 0.05) is 16.6 Å². The van der Waals surface area contributed by atoms with Crippen molar-refractivity contribution < 1.29 is 9.59 Å². The molecule has 0 saturated heterocycles. The van der Waals surface area contributed by atoms with E-state index in [9.17, 15) is 9.59 Å². The van der Waals surface area contributed by atoms with Crippen LogP contribution in [-0.2, 0) is 16.0 Å². The third kappa shape index (κ3) is 5.00. The van der Waals surface area contributed by atoms with Crippen LogP contribution < -0.4 is 11.1 Å². The molecule has 1 aliphatic rings. The Morgan fingerprint density at radius 1 is 1.36 bits per heavy atom. The van der Waals surface area contributed by atoms with E-state index < -0.39 is 6.04 Å². The van der Waals surface area contributed by atoms with Crippen LogP contribution in [0.1, 0.15) is 37.9 Å². The molecule has 8 heteroatoms. The highest BCUT2D eigenvalue weighted by atomic mass is 35.5. The van der Waals surface area contributed by atoms with Crippen molar-refractivity contribution in [3.05, 3.63) is 33.3 Å². The molecule has 0 bridgehead atoms. The predicted octanol–water partition coefficient (Wildman–Crippen LogP) is 2.96. The predicted molar refractivity (Wildman–Crippen MR) is 103 cm³/mol. The van der Waals surface area contributed by atoms with E-state index in [1.807, 2.05) is 26.8 Å². The summed E-state index contributed by atoms with van der Waals surface area (Å²) in [4.78, 5) is 26.1. The normalized spacial score (nSPS) is 17.6. The molecule has 2 rings (SSSR count). The van der Waals surface area contributed by atoms with Gasteiger partial charge in [-0.3, -0.25) is 9.59 Å². The van der Waals surface area contributed by atoms with Gasteiger partial charge in [0.25, 0.3) is 0 Å². The van der Waals surface area contributed by atoms with E-state index in [0.717, 1.165) is 11.1 Å². The number of benzene rings is 1. The number of rotatable bonds is 4. The van der Waals surface area contributed by atoms with Gasteiger partial charge in [0.15, 0.2) is 0 Å². The third-order valence-electron chi connectivity index (χ3n) is 4.44. The molecule has 1 heterocycles. The molecule has 140 valence electrons. The largest absolute Gasteiger partial charge is 0.346 e. The summed E-state index contributed by atoms with van der Waals surface area (Å²) in [5, 5.41) is 3.78. The molecule has 1 aromatic carbocycles. The molecule has 1 aromatic rings. The highest BCUT2D eigenvalue weighted by molar-refractivity contribution is 6.35. The zero-order valence-electron chi connectivity index (χ0n) is 14.5. The molecular weight excluding hydrogens is 385 g/mol. The van der Waals surface area contributed by atoms with Crippen molar-refractivity contribution in [3.63, 3.8) is 0 Å². The molecule has 2 amide bonds. The van der Waals surface area contributed by atoms with Gasteiger partial charge >= 0.3 is 0 Å². The van der Waals surface area contributed by atoms with Gasteiger partial charge in [0.2, 0.25) is 11.8 Å². The number of nitrogens with one attached hydrogen (secondary N) is 1. The number of nitrogens with two attached hydrogens (primary N) is 1. The zero-order chi connectivity index (χ0) is 18.0. The fourth-order valence-corrected chi connectivity index (χ4v) is 3.62. The molecule has 1 unspecified atom stereocenters. The molecule has 0 spiro atoms. The maximum Gasteiger partial charge on any atom is 0.242 e. The summed E-state index contributed by atoms with van der Waals surface area (Å²) in [6.45, 7) is 6.16. The minimum atomic E-state index is -0.617. The highest BCUT2D eigenvalue weighted by Gasteiger charge is 2.30. The van der Waals surface area contributed by atoms with E-state index in [1.165, 1.54) is 0 Å². The maximum atomic E-state index is 12.5. The molecule has 25 heavy (non-hydrogen) atoms. The quantitative estimate of drug-likeness (QED) is 0.804. The van der Waals surface area contributed by atoms with Crippen LogP contribution in [0, 0.1) is 5.92 Å². The van der Waals surface area contributed by atoms with Crippen LogP contribution in [-0.4, -0.2) is 35.8 Å². The number of hydrogen-bond acceptors (Lipinski definition) is 3. The van der Waals surface area contributed by atoms with E-state index in [0.29, 0.717) is 23.0 Å². The van der Waals surface area contributed by atoms with Crippen LogP contribution in [0.2, 0.25) is 10.0 Å². The van der Waals surface area contributed by atoms with E-state index in [4.69, 9.17) is 28.9 Å². The van der Waals surface area contributed by atoms with E-state index in [1.54, 1.807) is 11.0 Å². The van der Waals surface area contributed by atoms with Gasteiger partial charge in [-0.05, 0) is 42.5 Å². The summed E-state index contributed by atoms with van der Waals surface area (Å²) in [6.07, 6.45) is 0.686. The summed E-state index contributed by atoms with van der Waals surface area (Å²) in [5.41, 5.74) is 7.77. The highest BCUT2D eigenvalue weighted by Crippen LogP contribution is 2.36. The summed E-state index contributed by atoms with van der Waals surface area (Å²) in [5.74, 6) is -0.443. The summed E-state index contributed by atoms with van der Waals surface area (Å²) in [7, 11) is 0. The van der Waals surface area contributed by atoms with Crippen molar-refractivity contribution in [2.45, 2.75) is 39.3 Å². The molecule has 1 aliphatic heterocycles. The van der Waals surface area contributed by atoms with Crippen molar-refractivity contribution >= 4 is 47.4 Å². The van der Waals surface area contributed by atoms with Crippen molar-refractivity contribution in [1.29, 1.82) is 0 Å². The van der Waals surface area contributed by atoms with E-state index in [-0.39, 0.29) is 42.7 Å². The van der Waals surface area contributed by atoms with Gasteiger partial charge < -0.3 is 16.0 Å². The van der Waals surface area contributed by atoms with Crippen molar-refractivity contribution in [3.8, 4) is 0 Å². The van der Waals surface area contributed by atoms with Gasteiger partial charge in [-0.1, -0.05) is 37.0 Å². The Labute approximate surface area is 164 Å². The van der Waals surface area contributed by atoms with E-state index in [2.05, 4.69) is 5.32 Å². The van der Waals surface area contributed by atoms with Gasteiger partial charge in [-0.2, -0.15) is 0 Å². The molecule has 0 fully saturated rings. The fraction of sp³-hybridized carbons (Fsp3) is 0.529. The number of carbonyl (C=O) groups excluding carboxylic acids is 2. The average Bonchev–Trinajstić information content (AvgIpc) is 2.50. The Balaban J connectivity index is 0.00000312. The SMILES string of the molecule is CC(C)[C@H](N)C(=O)NCC(=O)N1CCc2cc(Cl)cc(Cl)c2C1C.Cl. The van der Waals surface area contributed by atoms with Gasteiger partial charge in [-0.15, -0.1) is 12.4 Å². The lowest BCUT2D eigenvalue weighted by atomic mass is 9.93. The monoisotopic (exact) mass is 407 g/mol. The lowest BCUT2D eigenvalue weighted by Gasteiger charge is -2.36. The smallest absolute Gasteiger partial charge is 0.242 e. The second-order valence-corrected chi connectivity index (χ2v) is 7.30. The Bertz CT molecular complexity index is 652. The summed E-state index contributed by atoms with van der Waals surface area (Å²) in [6, 6.07) is 2.80. The Kier molecular flexibility index (Phi) is 8.00. The van der Waals surface area contributed by atoms with E-state index >= 15 is 0 Å². The number of hydrogen-bond donors (Lipinski definition) is 2. The fourth-order valence-electron chi connectivity index (χ4n) is 2.93. The number of carbonyl (C=O) groups is 2. The summed E-state index contributed by atoms with van der Waals surface area (Å²) >= 11 is 12.4. The minimum absolute atomic E-state index is 0. The van der Waals surface area contributed by atoms with Crippen LogP contribution in [0.3, 0.4) is 0 Å². The molecule has 0 aromatic heterocycles. The van der Waals surface area contributed by atoms with Crippen LogP contribution in [0.5, 0.6) is 0 Å². The Hall–Kier alpha value is -1.01. The first kappa shape index (κ1) is 22.0. The van der Waals surface area contributed by atoms with Crippen LogP contribution in [0.25, 0.3) is 0 Å². The van der Waals surface area contributed by atoms with Crippen LogP contribution in [0.4, 0.5) is 0 Å². The maximum absolute atomic E-state index is 12.5. The van der Waals surface area contributed by atoms with Crippen LogP contribution in [0.15, 0.2) is 12.1 Å². The third-order valence-corrected chi connectivity index (χ3v) is 4.97. The van der Waals surface area contributed by atoms with Crippen molar-refractivity contribution in [2.24, 2.45) is 11.7 Å². The number of amides is 2. The Morgan fingerprint density at radius 2 is 2.00 bits per heavy atom. The first-order chi connectivity index (χ1) is 11.2. The lowest BCUT2D eigenvalue weighted by molar-refractivity contribution is -0.135. The Morgan fingerprint density at radius 3 is 2.60 bits per heavy atom. The van der Waals surface area contributed by atoms with Crippen molar-refractivity contribution in [2.75, 3.05) is 13.1 Å². The first-order valence-electron chi connectivity index (χ1n) is 8.03. The topological polar surface area (TPSA) is 75.4 Å². The number of nitrogens with zero attached hydrogens (tertiary/aromatic N) is 1. The molecule has 0 radical (unpaired) electrons. The number of halogens is 3. The molecule has 5 nitrogen and oxygen atoms in total. The standard InChI is InChI=1S/C17H23Cl2N3O2.ClH/c1-9(2)16(20)17(24)21-8-14(23)22-5-4-11-6-12(18)7-13(19)15(11)10(22)3;/h6-7,9-10,16H,4-5,8,20H2,1-3H3,(H,21,24);1H/t10?,16-;/m0./s1. The molecule has 2 atom stereocenters. The molecule has 0 aliphatic carbocycles. The van der Waals surface area contributed by atoms with Gasteiger partial charge in [0.05, 0.1) is 18.6 Å². The number of fused-ring (bicyclic) bond motifs is 1. The van der Waals surface area contributed by atoms with Gasteiger partial charge in [0.1, 0.15) is 0 Å². The second kappa shape index (κ2) is 9.08. The molecule has 3 N–H and O–H groups in total. The second-order valence-electron chi connectivity index (χ2n) is 6.46. The minimum Gasteiger partial charge on any atom is -0.346 e. The lowest BCUT2D eigenvalue weighted by Crippen LogP contribution is -2.49. The zero-order valence-corrected chi connectivity index (χ0v) is 16.8.